The molecule has 136 valence electrons. The second kappa shape index (κ2) is 10.4. The summed E-state index contributed by atoms with van der Waals surface area (Å²) >= 11 is -0.0467. The van der Waals surface area contributed by atoms with Crippen molar-refractivity contribution in [2.75, 3.05) is 0 Å². The van der Waals surface area contributed by atoms with Crippen LogP contribution < -0.4 is 2.89 Å². The Labute approximate surface area is 160 Å². The van der Waals surface area contributed by atoms with Gasteiger partial charge in [-0.3, -0.25) is 0 Å². The third kappa shape index (κ3) is 4.91. The van der Waals surface area contributed by atoms with E-state index in [1.165, 1.54) is 62.7 Å². The van der Waals surface area contributed by atoms with E-state index in [1.54, 1.807) is 18.2 Å². The first kappa shape index (κ1) is 20.6. The summed E-state index contributed by atoms with van der Waals surface area (Å²) in [6, 6.07) is 2.61. The molecule has 0 N–H and O–H groups in total. The Morgan fingerprint density at radius 2 is 1.62 bits per heavy atom. The minimum atomic E-state index is -2.25. The molecule has 4 heteroatoms. The zero-order valence-corrected chi connectivity index (χ0v) is 21.9. The molecule has 1 nitrogen and oxygen atoms in total. The number of hydrogen-bond donors (Lipinski definition) is 0. The maximum atomic E-state index is 5.82. The second-order valence-corrected chi connectivity index (χ2v) is 23.1. The molecule has 2 rings (SSSR count). The van der Waals surface area contributed by atoms with Gasteiger partial charge in [-0.15, -0.1) is 0 Å². The van der Waals surface area contributed by atoms with Gasteiger partial charge in [0.25, 0.3) is 0 Å². The summed E-state index contributed by atoms with van der Waals surface area (Å²) in [6.45, 7) is 7.10. The van der Waals surface area contributed by atoms with E-state index in [-0.39, 0.29) is 0 Å². The summed E-state index contributed by atoms with van der Waals surface area (Å²) in [6.07, 6.45) is 13.2. The van der Waals surface area contributed by atoms with Gasteiger partial charge in [0.1, 0.15) is 0 Å². The second-order valence-electron chi connectivity index (χ2n) is 7.35. The van der Waals surface area contributed by atoms with Crippen LogP contribution in [0.5, 0.6) is 0 Å². The van der Waals surface area contributed by atoms with Crippen LogP contribution in [0.2, 0.25) is 13.3 Å². The van der Waals surface area contributed by atoms with Crippen LogP contribution in [-0.4, -0.2) is 28.9 Å². The summed E-state index contributed by atoms with van der Waals surface area (Å²) in [5, 5.41) is 0. The zero-order chi connectivity index (χ0) is 17.4. The molecule has 0 atom stereocenters. The van der Waals surface area contributed by atoms with Crippen molar-refractivity contribution in [3.63, 3.8) is 0 Å². The van der Waals surface area contributed by atoms with Crippen molar-refractivity contribution in [2.45, 2.75) is 85.4 Å². The molecule has 0 saturated carbocycles. The van der Waals surface area contributed by atoms with Crippen molar-refractivity contribution in [2.24, 2.45) is 0 Å². The summed E-state index contributed by atoms with van der Waals surface area (Å²) in [4.78, 5) is 1.63. The van der Waals surface area contributed by atoms with Gasteiger partial charge in [-0.05, 0) is 0 Å². The number of thiophene rings is 1. The number of rotatable bonds is 11. The van der Waals surface area contributed by atoms with Gasteiger partial charge in [-0.2, -0.15) is 0 Å². The molecule has 0 bridgehead atoms. The predicted molar refractivity (Wildman–Crippen MR) is 116 cm³/mol. The summed E-state index contributed by atoms with van der Waals surface area (Å²) < 4.78 is 12.4. The van der Waals surface area contributed by atoms with Gasteiger partial charge < -0.3 is 0 Å². The van der Waals surface area contributed by atoms with E-state index < -0.39 is 18.4 Å². The normalized spacial score (nSPS) is 14.5. The van der Waals surface area contributed by atoms with Crippen molar-refractivity contribution in [1.29, 1.82) is 0 Å². The molecular formula is C20H36OSSiSn. The molecule has 1 aliphatic rings. The van der Waals surface area contributed by atoms with Crippen molar-refractivity contribution in [3.05, 3.63) is 22.6 Å². The number of hydrogen-bond acceptors (Lipinski definition) is 2. The molecule has 1 aliphatic carbocycles. The van der Waals surface area contributed by atoms with E-state index in [4.69, 9.17) is 4.43 Å². The Kier molecular flexibility index (Phi) is 8.93. The Bertz CT molecular complexity index is 516. The first-order chi connectivity index (χ1) is 11.7. The van der Waals surface area contributed by atoms with Gasteiger partial charge in [0.15, 0.2) is 0 Å². The van der Waals surface area contributed by atoms with Crippen molar-refractivity contribution >= 4 is 48.9 Å². The maximum absolute atomic E-state index is 5.82. The van der Waals surface area contributed by atoms with Gasteiger partial charge in [0.05, 0.1) is 0 Å². The monoisotopic (exact) mass is 472 g/mol. The van der Waals surface area contributed by atoms with Crippen LogP contribution >= 0.6 is 11.3 Å². The van der Waals surface area contributed by atoms with Gasteiger partial charge in [-0.1, -0.05) is 0 Å². The zero-order valence-electron chi connectivity index (χ0n) is 16.2. The third-order valence-corrected chi connectivity index (χ3v) is 25.4. The average Bonchev–Trinajstić information content (AvgIpc) is 3.06. The fourth-order valence-corrected chi connectivity index (χ4v) is 24.9. The fraction of sp³-hybridized carbons (Fsp3) is 0.700. The summed E-state index contributed by atoms with van der Waals surface area (Å²) in [5.41, 5.74) is 1.47. The van der Waals surface area contributed by atoms with Crippen LogP contribution in [0.15, 0.2) is 12.1 Å². The summed E-state index contributed by atoms with van der Waals surface area (Å²) in [7, 11) is 0.806. The SMILES string of the molecule is CCC[CH2][Sn]([CH2]CCC)([CH2]CCC)[c]1cc2c(s1)CCC=C2O[SiH3]. The third-order valence-electron chi connectivity index (χ3n) is 5.54. The molecule has 0 radical (unpaired) electrons. The Balaban J connectivity index is 2.37. The van der Waals surface area contributed by atoms with Crippen molar-refractivity contribution < 1.29 is 4.43 Å². The van der Waals surface area contributed by atoms with E-state index in [1.807, 2.05) is 2.89 Å². The Morgan fingerprint density at radius 3 is 2.12 bits per heavy atom. The van der Waals surface area contributed by atoms with Crippen molar-refractivity contribution in [1.82, 2.24) is 0 Å². The molecule has 0 aliphatic heterocycles. The van der Waals surface area contributed by atoms with E-state index in [9.17, 15) is 0 Å². The number of unbranched alkanes of at least 4 members (excludes halogenated alkanes) is 3. The molecule has 1 aromatic rings. The Morgan fingerprint density at radius 1 is 1.04 bits per heavy atom. The average molecular weight is 471 g/mol. The molecule has 0 aromatic carbocycles. The van der Waals surface area contributed by atoms with Gasteiger partial charge in [0, 0.05) is 0 Å². The number of aryl methyl sites for hydroxylation is 1. The van der Waals surface area contributed by atoms with Crippen LogP contribution in [0, 0.1) is 0 Å². The van der Waals surface area contributed by atoms with Gasteiger partial charge in [0.2, 0.25) is 0 Å². The van der Waals surface area contributed by atoms with Crippen LogP contribution in [0.3, 0.4) is 0 Å². The van der Waals surface area contributed by atoms with Crippen LogP contribution in [-0.2, 0) is 10.8 Å². The fourth-order valence-electron chi connectivity index (χ4n) is 4.01. The van der Waals surface area contributed by atoms with Crippen LogP contribution in [0.25, 0.3) is 5.76 Å². The number of fused-ring (bicyclic) bond motifs is 1. The molecule has 0 unspecified atom stereocenters. The molecule has 1 heterocycles. The quantitative estimate of drug-likeness (QED) is 0.394. The molecule has 0 spiro atoms. The van der Waals surface area contributed by atoms with E-state index in [2.05, 4.69) is 44.3 Å². The first-order valence-corrected chi connectivity index (χ1v) is 19.2. The van der Waals surface area contributed by atoms with Crippen molar-refractivity contribution in [3.8, 4) is 0 Å². The first-order valence-electron chi connectivity index (χ1n) is 10.1. The van der Waals surface area contributed by atoms with E-state index in [0.717, 1.165) is 10.5 Å². The molecule has 24 heavy (non-hydrogen) atoms. The van der Waals surface area contributed by atoms with Crippen LogP contribution in [0.1, 0.15) is 76.2 Å². The molecule has 0 saturated heterocycles. The predicted octanol–water partition coefficient (Wildman–Crippen LogP) is 5.39. The standard InChI is InChI=1S/C8H9OSSi.3C4H9.Sn/c11-9-7-2-1-3-8-6(7)4-5-10-8;3*1-3-4-2;/h2,4H,1,3H2,11H3;3*1,3-4H2,2H3;. The molecule has 0 fully saturated rings. The van der Waals surface area contributed by atoms with E-state index >= 15 is 0 Å². The van der Waals surface area contributed by atoms with Gasteiger partial charge in [-0.25, -0.2) is 0 Å². The van der Waals surface area contributed by atoms with Crippen LogP contribution in [0.4, 0.5) is 0 Å². The molecular weight excluding hydrogens is 435 g/mol. The van der Waals surface area contributed by atoms with E-state index in [0.29, 0.717) is 0 Å². The molecule has 0 amide bonds. The molecule has 1 aromatic heterocycles. The minimum absolute atomic E-state index is 0.806. The van der Waals surface area contributed by atoms with Gasteiger partial charge >= 0.3 is 161 Å². The number of allylic oxidation sites excluding steroid dienone is 1. The summed E-state index contributed by atoms with van der Waals surface area (Å²) in [5.74, 6) is 1.20. The topological polar surface area (TPSA) is 9.23 Å². The Hall–Kier alpha value is 0.256.